The molecule has 0 saturated carbocycles. The van der Waals surface area contributed by atoms with Crippen molar-refractivity contribution in [3.8, 4) is 0 Å². The van der Waals surface area contributed by atoms with Gasteiger partial charge in [-0.3, -0.25) is 0 Å². The highest BCUT2D eigenvalue weighted by molar-refractivity contribution is 5.27. The van der Waals surface area contributed by atoms with E-state index in [0.29, 0.717) is 5.56 Å². The zero-order valence-corrected chi connectivity index (χ0v) is 6.19. The molecule has 0 nitrogen and oxygen atoms in total. The van der Waals surface area contributed by atoms with Crippen molar-refractivity contribution in [2.45, 2.75) is 13.8 Å². The van der Waals surface area contributed by atoms with Crippen molar-refractivity contribution in [3.05, 3.63) is 41.6 Å². The van der Waals surface area contributed by atoms with E-state index in [9.17, 15) is 4.39 Å². The van der Waals surface area contributed by atoms with E-state index in [2.05, 4.69) is 0 Å². The minimum absolute atomic E-state index is 0.137. The van der Waals surface area contributed by atoms with Crippen LogP contribution in [0.5, 0.6) is 0 Å². The largest absolute Gasteiger partial charge is 0.207 e. The smallest absolute Gasteiger partial charge is 0.126 e. The highest BCUT2D eigenvalue weighted by Crippen LogP contribution is 2.10. The average Bonchev–Trinajstić information content (AvgIpc) is 1.88. The first-order chi connectivity index (χ1) is 4.74. The number of halogens is 1. The van der Waals surface area contributed by atoms with E-state index < -0.39 is 0 Å². The molecule has 1 radical (unpaired) electrons. The summed E-state index contributed by atoms with van der Waals surface area (Å²) in [6.45, 7) is 3.70. The zero-order chi connectivity index (χ0) is 7.56. The molecule has 0 fully saturated rings. The van der Waals surface area contributed by atoms with E-state index >= 15 is 0 Å². The summed E-state index contributed by atoms with van der Waals surface area (Å²) in [5.74, 6) is -0.137. The van der Waals surface area contributed by atoms with Gasteiger partial charge in [0.05, 0.1) is 0 Å². The highest BCUT2D eigenvalue weighted by Gasteiger charge is 1.97. The van der Waals surface area contributed by atoms with Crippen molar-refractivity contribution in [1.29, 1.82) is 0 Å². The van der Waals surface area contributed by atoms with Gasteiger partial charge in [0.2, 0.25) is 0 Å². The van der Waals surface area contributed by atoms with Crippen LogP contribution in [0.25, 0.3) is 0 Å². The first-order valence-corrected chi connectivity index (χ1v) is 3.29. The molecule has 0 aliphatic heterocycles. The molecule has 10 heavy (non-hydrogen) atoms. The van der Waals surface area contributed by atoms with Crippen molar-refractivity contribution in [2.75, 3.05) is 0 Å². The number of hydrogen-bond donors (Lipinski definition) is 0. The maximum atomic E-state index is 12.8. The van der Waals surface area contributed by atoms with Gasteiger partial charge in [-0.15, -0.1) is 0 Å². The Morgan fingerprint density at radius 1 is 1.40 bits per heavy atom. The third-order valence-corrected chi connectivity index (χ3v) is 1.47. The normalized spacial score (nSPS) is 9.90. The molecule has 0 aliphatic carbocycles. The molecule has 0 bridgehead atoms. The molecule has 0 spiro atoms. The molecular formula is C9H10F. The summed E-state index contributed by atoms with van der Waals surface area (Å²) in [6, 6.07) is 5.22. The molecule has 0 aliphatic rings. The molecule has 1 aromatic carbocycles. The van der Waals surface area contributed by atoms with E-state index in [1.807, 2.05) is 19.9 Å². The van der Waals surface area contributed by atoms with Crippen molar-refractivity contribution in [1.82, 2.24) is 0 Å². The third kappa shape index (κ3) is 1.35. The fourth-order valence-corrected chi connectivity index (χ4v) is 0.866. The molecule has 1 heteroatoms. The number of aryl methyl sites for hydroxylation is 1. The quantitative estimate of drug-likeness (QED) is 0.558. The summed E-state index contributed by atoms with van der Waals surface area (Å²) in [7, 11) is 0. The van der Waals surface area contributed by atoms with Crippen LogP contribution in [0.4, 0.5) is 4.39 Å². The van der Waals surface area contributed by atoms with Gasteiger partial charge in [-0.2, -0.15) is 0 Å². The molecule has 1 aromatic rings. The Labute approximate surface area is 60.7 Å². The van der Waals surface area contributed by atoms with Gasteiger partial charge in [-0.05, 0) is 30.5 Å². The summed E-state index contributed by atoms with van der Waals surface area (Å²) in [5.41, 5.74) is 1.63. The van der Waals surface area contributed by atoms with E-state index in [1.54, 1.807) is 12.5 Å². The highest BCUT2D eigenvalue weighted by atomic mass is 19.1. The number of benzene rings is 1. The standard InChI is InChI=1S/C9H10F/c1-3-8-5-4-7(2)6-9(8)10/h3-6H,1-2H3. The molecule has 0 N–H and O–H groups in total. The Hall–Kier alpha value is -0.850. The van der Waals surface area contributed by atoms with Crippen LogP contribution in [0.3, 0.4) is 0 Å². The van der Waals surface area contributed by atoms with Gasteiger partial charge in [-0.1, -0.05) is 19.1 Å². The lowest BCUT2D eigenvalue weighted by atomic mass is 10.1. The Bertz CT molecular complexity index is 228. The van der Waals surface area contributed by atoms with E-state index in [0.717, 1.165) is 5.56 Å². The molecule has 0 heterocycles. The summed E-state index contributed by atoms with van der Waals surface area (Å²) in [5, 5.41) is 0. The topological polar surface area (TPSA) is 0 Å². The van der Waals surface area contributed by atoms with Crippen LogP contribution < -0.4 is 0 Å². The second kappa shape index (κ2) is 2.82. The first-order valence-electron chi connectivity index (χ1n) is 3.29. The minimum atomic E-state index is -0.137. The lowest BCUT2D eigenvalue weighted by Gasteiger charge is -1.98. The maximum absolute atomic E-state index is 12.8. The Morgan fingerprint density at radius 3 is 2.60 bits per heavy atom. The van der Waals surface area contributed by atoms with Crippen molar-refractivity contribution < 1.29 is 4.39 Å². The monoisotopic (exact) mass is 137 g/mol. The van der Waals surface area contributed by atoms with Gasteiger partial charge in [-0.25, -0.2) is 4.39 Å². The molecule has 0 amide bonds. The lowest BCUT2D eigenvalue weighted by molar-refractivity contribution is 0.619. The van der Waals surface area contributed by atoms with Gasteiger partial charge in [0.25, 0.3) is 0 Å². The zero-order valence-electron chi connectivity index (χ0n) is 6.19. The first kappa shape index (κ1) is 7.26. The molecule has 1 rings (SSSR count). The second-order valence-corrected chi connectivity index (χ2v) is 2.31. The second-order valence-electron chi connectivity index (χ2n) is 2.31. The molecule has 0 atom stereocenters. The fraction of sp³-hybridized carbons (Fsp3) is 0.222. The minimum Gasteiger partial charge on any atom is -0.207 e. The van der Waals surface area contributed by atoms with Crippen molar-refractivity contribution in [3.63, 3.8) is 0 Å². The Balaban J connectivity index is 3.07. The van der Waals surface area contributed by atoms with Gasteiger partial charge in [0.1, 0.15) is 5.82 Å². The van der Waals surface area contributed by atoms with Crippen LogP contribution in [-0.4, -0.2) is 0 Å². The van der Waals surface area contributed by atoms with Crippen LogP contribution in [0.15, 0.2) is 18.2 Å². The Kier molecular flexibility index (Phi) is 2.05. The van der Waals surface area contributed by atoms with Crippen LogP contribution >= 0.6 is 0 Å². The lowest BCUT2D eigenvalue weighted by Crippen LogP contribution is -1.85. The SMILES string of the molecule is C[CH]c1ccc(C)cc1F. The van der Waals surface area contributed by atoms with Crippen molar-refractivity contribution in [2.24, 2.45) is 0 Å². The van der Waals surface area contributed by atoms with Crippen LogP contribution in [0, 0.1) is 19.2 Å². The maximum Gasteiger partial charge on any atom is 0.126 e. The summed E-state index contributed by atoms with van der Waals surface area (Å²) in [6.07, 6.45) is 1.76. The summed E-state index contributed by atoms with van der Waals surface area (Å²) in [4.78, 5) is 0. The average molecular weight is 137 g/mol. The third-order valence-electron chi connectivity index (χ3n) is 1.47. The van der Waals surface area contributed by atoms with Crippen LogP contribution in [0.2, 0.25) is 0 Å². The molecule has 0 unspecified atom stereocenters. The van der Waals surface area contributed by atoms with Crippen LogP contribution in [0.1, 0.15) is 18.1 Å². The molecule has 0 saturated heterocycles. The van der Waals surface area contributed by atoms with E-state index in [4.69, 9.17) is 0 Å². The van der Waals surface area contributed by atoms with Gasteiger partial charge in [0, 0.05) is 0 Å². The molecular weight excluding hydrogens is 127 g/mol. The molecule has 0 aromatic heterocycles. The fourth-order valence-electron chi connectivity index (χ4n) is 0.866. The number of rotatable bonds is 1. The number of hydrogen-bond acceptors (Lipinski definition) is 0. The van der Waals surface area contributed by atoms with Gasteiger partial charge >= 0.3 is 0 Å². The van der Waals surface area contributed by atoms with E-state index in [-0.39, 0.29) is 5.82 Å². The van der Waals surface area contributed by atoms with E-state index in [1.165, 1.54) is 6.07 Å². The Morgan fingerprint density at radius 2 is 2.10 bits per heavy atom. The predicted molar refractivity (Wildman–Crippen MR) is 40.2 cm³/mol. The van der Waals surface area contributed by atoms with Gasteiger partial charge < -0.3 is 0 Å². The summed E-state index contributed by atoms with van der Waals surface area (Å²) < 4.78 is 12.8. The van der Waals surface area contributed by atoms with Crippen LogP contribution in [-0.2, 0) is 0 Å². The predicted octanol–water partition coefficient (Wildman–Crippen LogP) is 2.71. The molecule has 53 valence electrons. The van der Waals surface area contributed by atoms with Gasteiger partial charge in [0.15, 0.2) is 0 Å². The summed E-state index contributed by atoms with van der Waals surface area (Å²) >= 11 is 0. The van der Waals surface area contributed by atoms with Crippen molar-refractivity contribution >= 4 is 0 Å².